The summed E-state index contributed by atoms with van der Waals surface area (Å²) in [5.74, 6) is -0.116. The van der Waals surface area contributed by atoms with Gasteiger partial charge in [0, 0.05) is 17.8 Å². The third-order valence-electron chi connectivity index (χ3n) is 4.78. The topological polar surface area (TPSA) is 49.4 Å². The highest BCUT2D eigenvalue weighted by atomic mass is 16.2. The zero-order valence-electron chi connectivity index (χ0n) is 17.2. The van der Waals surface area contributed by atoms with Crippen molar-refractivity contribution in [2.24, 2.45) is 0 Å². The minimum Gasteiger partial charge on any atom is -0.352 e. The smallest absolute Gasteiger partial charge is 0.258 e. The molecule has 4 nitrogen and oxygen atoms in total. The molecule has 152 valence electrons. The summed E-state index contributed by atoms with van der Waals surface area (Å²) >= 11 is 0. The average molecular weight is 399 g/mol. The lowest BCUT2D eigenvalue weighted by molar-refractivity contribution is -0.120. The molecular formula is C26H26N2O2. The van der Waals surface area contributed by atoms with Crippen LogP contribution in [0.2, 0.25) is 0 Å². The molecule has 0 radical (unpaired) electrons. The normalized spacial score (nSPS) is 10.3. The van der Waals surface area contributed by atoms with Gasteiger partial charge in [0.05, 0.1) is 13.0 Å². The summed E-state index contributed by atoms with van der Waals surface area (Å²) in [6, 6.07) is 25.1. The first-order valence-corrected chi connectivity index (χ1v) is 9.96. The van der Waals surface area contributed by atoms with Crippen LogP contribution in [0.15, 0.2) is 91.5 Å². The second-order valence-corrected chi connectivity index (χ2v) is 7.18. The van der Waals surface area contributed by atoms with Crippen molar-refractivity contribution in [3.05, 3.63) is 114 Å². The molecule has 0 saturated carbocycles. The number of hydrogen-bond acceptors (Lipinski definition) is 2. The third-order valence-corrected chi connectivity index (χ3v) is 4.78. The van der Waals surface area contributed by atoms with E-state index in [0.717, 1.165) is 22.4 Å². The van der Waals surface area contributed by atoms with Crippen LogP contribution in [0, 0.1) is 6.92 Å². The van der Waals surface area contributed by atoms with Crippen molar-refractivity contribution in [2.45, 2.75) is 19.9 Å². The van der Waals surface area contributed by atoms with Crippen molar-refractivity contribution < 1.29 is 9.59 Å². The minimum absolute atomic E-state index is 0.0560. The lowest BCUT2D eigenvalue weighted by atomic mass is 10.1. The Kier molecular flexibility index (Phi) is 7.17. The molecule has 0 saturated heterocycles. The first kappa shape index (κ1) is 21.1. The molecule has 4 heteroatoms. The van der Waals surface area contributed by atoms with Gasteiger partial charge in [-0.25, -0.2) is 0 Å². The number of nitrogens with zero attached hydrogens (tertiary/aromatic N) is 1. The van der Waals surface area contributed by atoms with Crippen LogP contribution in [0.3, 0.4) is 0 Å². The Balaban J connectivity index is 1.84. The molecule has 3 rings (SSSR count). The Morgan fingerprint density at radius 1 is 0.900 bits per heavy atom. The van der Waals surface area contributed by atoms with E-state index in [2.05, 4.69) is 11.9 Å². The Morgan fingerprint density at radius 3 is 2.20 bits per heavy atom. The van der Waals surface area contributed by atoms with E-state index in [-0.39, 0.29) is 11.8 Å². The van der Waals surface area contributed by atoms with Crippen LogP contribution in [0.25, 0.3) is 0 Å². The number of carbonyl (C=O) groups excluding carboxylic acids is 2. The van der Waals surface area contributed by atoms with E-state index in [4.69, 9.17) is 0 Å². The molecule has 3 aromatic carbocycles. The van der Waals surface area contributed by atoms with Gasteiger partial charge in [-0.3, -0.25) is 9.59 Å². The first-order valence-electron chi connectivity index (χ1n) is 9.96. The second kappa shape index (κ2) is 10.2. The molecule has 0 aliphatic heterocycles. The van der Waals surface area contributed by atoms with E-state index in [1.165, 1.54) is 0 Å². The van der Waals surface area contributed by atoms with Crippen LogP contribution in [0.5, 0.6) is 0 Å². The maximum atomic E-state index is 13.3. The molecule has 1 N–H and O–H groups in total. The largest absolute Gasteiger partial charge is 0.352 e. The van der Waals surface area contributed by atoms with Crippen LogP contribution < -0.4 is 10.2 Å². The van der Waals surface area contributed by atoms with Crippen molar-refractivity contribution in [3.8, 4) is 0 Å². The summed E-state index contributed by atoms with van der Waals surface area (Å²) in [6.45, 7) is 6.52. The predicted octanol–water partition coefficient (Wildman–Crippen LogP) is 4.69. The van der Waals surface area contributed by atoms with Crippen LogP contribution in [0.4, 0.5) is 5.69 Å². The van der Waals surface area contributed by atoms with E-state index >= 15 is 0 Å². The molecule has 3 aromatic rings. The number of benzene rings is 3. The number of anilines is 1. The van der Waals surface area contributed by atoms with Gasteiger partial charge in [0.25, 0.3) is 5.91 Å². The van der Waals surface area contributed by atoms with E-state index in [9.17, 15) is 9.59 Å². The minimum atomic E-state index is -0.0599. The molecule has 0 aliphatic carbocycles. The summed E-state index contributed by atoms with van der Waals surface area (Å²) in [7, 11) is 0. The Bertz CT molecular complexity index is 993. The number of carbonyl (C=O) groups is 2. The van der Waals surface area contributed by atoms with Crippen molar-refractivity contribution in [3.63, 3.8) is 0 Å². The third kappa shape index (κ3) is 5.67. The summed E-state index contributed by atoms with van der Waals surface area (Å²) in [5.41, 5.74) is 4.48. The molecule has 0 heterocycles. The molecule has 0 bridgehead atoms. The number of rotatable bonds is 8. The molecule has 0 atom stereocenters. The summed E-state index contributed by atoms with van der Waals surface area (Å²) in [6.07, 6.45) is 1.94. The summed E-state index contributed by atoms with van der Waals surface area (Å²) in [4.78, 5) is 27.0. The van der Waals surface area contributed by atoms with Crippen LogP contribution in [-0.4, -0.2) is 18.4 Å². The monoisotopic (exact) mass is 398 g/mol. The molecule has 0 fully saturated rings. The fraction of sp³-hybridized carbons (Fsp3) is 0.154. The van der Waals surface area contributed by atoms with Gasteiger partial charge in [-0.05, 0) is 42.3 Å². The Hall–Kier alpha value is -3.66. The van der Waals surface area contributed by atoms with Crippen molar-refractivity contribution in [2.75, 3.05) is 11.4 Å². The zero-order chi connectivity index (χ0) is 21.3. The highest BCUT2D eigenvalue weighted by Crippen LogP contribution is 2.21. The summed E-state index contributed by atoms with van der Waals surface area (Å²) < 4.78 is 0. The molecule has 0 aliphatic rings. The fourth-order valence-corrected chi connectivity index (χ4v) is 3.13. The zero-order valence-corrected chi connectivity index (χ0v) is 17.2. The summed E-state index contributed by atoms with van der Waals surface area (Å²) in [5, 5.41) is 2.77. The molecule has 30 heavy (non-hydrogen) atoms. The molecule has 2 amide bonds. The average Bonchev–Trinajstić information content (AvgIpc) is 2.77. The highest BCUT2D eigenvalue weighted by molar-refractivity contribution is 6.06. The van der Waals surface area contributed by atoms with Gasteiger partial charge in [0.15, 0.2) is 0 Å². The maximum absolute atomic E-state index is 13.3. The number of nitrogens with one attached hydrogen (secondary N) is 1. The van der Waals surface area contributed by atoms with Crippen molar-refractivity contribution in [1.29, 1.82) is 0 Å². The van der Waals surface area contributed by atoms with E-state index < -0.39 is 0 Å². The Morgan fingerprint density at radius 2 is 1.57 bits per heavy atom. The number of aryl methyl sites for hydroxylation is 1. The van der Waals surface area contributed by atoms with Crippen LogP contribution >= 0.6 is 0 Å². The molecule has 0 spiro atoms. The highest BCUT2D eigenvalue weighted by Gasteiger charge is 2.18. The molecular weight excluding hydrogens is 372 g/mol. The lowest BCUT2D eigenvalue weighted by Crippen LogP contribution is -2.30. The fourth-order valence-electron chi connectivity index (χ4n) is 3.13. The molecule has 0 aromatic heterocycles. The maximum Gasteiger partial charge on any atom is 0.258 e. The van der Waals surface area contributed by atoms with Crippen molar-refractivity contribution >= 4 is 17.5 Å². The van der Waals surface area contributed by atoms with Gasteiger partial charge in [0.1, 0.15) is 0 Å². The van der Waals surface area contributed by atoms with Gasteiger partial charge in [-0.1, -0.05) is 66.2 Å². The van der Waals surface area contributed by atoms with E-state index in [0.29, 0.717) is 25.1 Å². The quantitative estimate of drug-likeness (QED) is 0.560. The van der Waals surface area contributed by atoms with Crippen molar-refractivity contribution in [1.82, 2.24) is 5.32 Å². The van der Waals surface area contributed by atoms with Gasteiger partial charge in [0.2, 0.25) is 5.91 Å². The Labute approximate surface area is 177 Å². The number of hydrogen-bond donors (Lipinski definition) is 1. The second-order valence-electron chi connectivity index (χ2n) is 7.18. The lowest BCUT2D eigenvalue weighted by Gasteiger charge is -2.23. The van der Waals surface area contributed by atoms with Gasteiger partial charge >= 0.3 is 0 Å². The van der Waals surface area contributed by atoms with E-state index in [1.54, 1.807) is 11.0 Å². The SMILES string of the molecule is C=CCNC(=O)Cc1ccc(N(Cc2ccccc2)C(=O)c2ccc(C)cc2)cc1. The first-order chi connectivity index (χ1) is 14.6. The molecule has 0 unspecified atom stereocenters. The van der Waals surface area contributed by atoms with Gasteiger partial charge in [-0.15, -0.1) is 6.58 Å². The van der Waals surface area contributed by atoms with Crippen LogP contribution in [0.1, 0.15) is 27.0 Å². The van der Waals surface area contributed by atoms with Gasteiger partial charge < -0.3 is 10.2 Å². The van der Waals surface area contributed by atoms with E-state index in [1.807, 2.05) is 85.8 Å². The number of amides is 2. The standard InChI is InChI=1S/C26H26N2O2/c1-3-17-27-25(29)18-21-11-15-24(16-12-21)28(19-22-7-5-4-6-8-22)26(30)23-13-9-20(2)10-14-23/h3-16H,1,17-19H2,2H3,(H,27,29). The van der Waals surface area contributed by atoms with Gasteiger partial charge in [-0.2, -0.15) is 0 Å². The van der Waals surface area contributed by atoms with Crippen LogP contribution in [-0.2, 0) is 17.8 Å². The predicted molar refractivity (Wildman–Crippen MR) is 121 cm³/mol.